The third-order valence-corrected chi connectivity index (χ3v) is 3.94. The quantitative estimate of drug-likeness (QED) is 0.744. The second kappa shape index (κ2) is 7.63. The number of alkyl carbamates (subject to hydrolysis) is 1. The summed E-state index contributed by atoms with van der Waals surface area (Å²) in [6.45, 7) is 4.84. The number of aromatic nitrogens is 1. The maximum atomic E-state index is 13.8. The summed E-state index contributed by atoms with van der Waals surface area (Å²) < 4.78 is 46.4. The van der Waals surface area contributed by atoms with Gasteiger partial charge in [0.2, 0.25) is 0 Å². The maximum absolute atomic E-state index is 13.8. The molecule has 1 aromatic heterocycles. The van der Waals surface area contributed by atoms with E-state index in [1.807, 2.05) is 0 Å². The molecule has 1 heterocycles. The van der Waals surface area contributed by atoms with E-state index in [4.69, 9.17) is 8.92 Å². The van der Waals surface area contributed by atoms with Crippen LogP contribution in [0.3, 0.4) is 0 Å². The number of rotatable bonds is 6. The van der Waals surface area contributed by atoms with Crippen LogP contribution in [0.4, 0.5) is 9.18 Å². The Morgan fingerprint density at radius 2 is 2.04 bits per heavy atom. The Morgan fingerprint density at radius 1 is 1.35 bits per heavy atom. The van der Waals surface area contributed by atoms with Crippen molar-refractivity contribution in [2.45, 2.75) is 38.8 Å². The molecular weight excluding hydrogens is 363 g/mol. The Morgan fingerprint density at radius 3 is 2.65 bits per heavy atom. The van der Waals surface area contributed by atoms with E-state index in [0.29, 0.717) is 16.5 Å². The number of carbonyl (C=O) groups excluding carboxylic acids is 1. The number of fused-ring (bicyclic) bond motifs is 1. The number of benzene rings is 1. The number of aromatic amines is 1. The zero-order valence-corrected chi connectivity index (χ0v) is 15.9. The normalized spacial score (nSPS) is 13.6. The first kappa shape index (κ1) is 20.2. The van der Waals surface area contributed by atoms with Crippen LogP contribution in [0.15, 0.2) is 24.4 Å². The summed E-state index contributed by atoms with van der Waals surface area (Å²) in [6, 6.07) is 3.72. The fourth-order valence-corrected chi connectivity index (χ4v) is 2.88. The molecule has 0 fully saturated rings. The molecule has 0 aliphatic heterocycles. The minimum atomic E-state index is -3.70. The first-order valence-corrected chi connectivity index (χ1v) is 9.84. The monoisotopic (exact) mass is 386 g/mol. The van der Waals surface area contributed by atoms with Crippen LogP contribution in [0.5, 0.6) is 0 Å². The highest BCUT2D eigenvalue weighted by atomic mass is 32.2. The van der Waals surface area contributed by atoms with Gasteiger partial charge in [0, 0.05) is 17.1 Å². The van der Waals surface area contributed by atoms with Crippen molar-refractivity contribution in [1.29, 1.82) is 0 Å². The summed E-state index contributed by atoms with van der Waals surface area (Å²) in [5, 5.41) is 3.26. The molecule has 26 heavy (non-hydrogen) atoms. The SMILES string of the molecule is CC(C)(C)OC(=O)NC(COS(C)(=O)=O)Cc1cc(F)cc2cc[nH]c12. The molecule has 0 saturated carbocycles. The lowest BCUT2D eigenvalue weighted by Gasteiger charge is -2.23. The number of carbonyl (C=O) groups is 1. The van der Waals surface area contributed by atoms with E-state index in [2.05, 4.69) is 10.3 Å². The summed E-state index contributed by atoms with van der Waals surface area (Å²) in [7, 11) is -3.70. The Kier molecular flexibility index (Phi) is 5.92. The van der Waals surface area contributed by atoms with E-state index in [1.54, 1.807) is 33.0 Å². The molecule has 2 rings (SSSR count). The maximum Gasteiger partial charge on any atom is 0.407 e. The lowest BCUT2D eigenvalue weighted by molar-refractivity contribution is 0.0488. The third kappa shape index (κ3) is 6.30. The Balaban J connectivity index is 2.22. The van der Waals surface area contributed by atoms with Gasteiger partial charge in [-0.25, -0.2) is 9.18 Å². The first-order valence-electron chi connectivity index (χ1n) is 8.02. The Hall–Kier alpha value is -2.13. The van der Waals surface area contributed by atoms with Gasteiger partial charge in [-0.05, 0) is 51.0 Å². The summed E-state index contributed by atoms with van der Waals surface area (Å²) in [4.78, 5) is 15.1. The molecule has 0 saturated heterocycles. The molecule has 2 N–H and O–H groups in total. The highest BCUT2D eigenvalue weighted by Crippen LogP contribution is 2.21. The van der Waals surface area contributed by atoms with Crippen molar-refractivity contribution < 1.29 is 26.5 Å². The molecule has 0 spiro atoms. The van der Waals surface area contributed by atoms with Gasteiger partial charge >= 0.3 is 6.09 Å². The van der Waals surface area contributed by atoms with Crippen LogP contribution >= 0.6 is 0 Å². The molecular formula is C17H23FN2O5S. The van der Waals surface area contributed by atoms with Gasteiger partial charge in [-0.1, -0.05) is 0 Å². The van der Waals surface area contributed by atoms with Gasteiger partial charge in [-0.3, -0.25) is 4.18 Å². The van der Waals surface area contributed by atoms with Crippen molar-refractivity contribution >= 4 is 27.1 Å². The minimum absolute atomic E-state index is 0.156. The molecule has 9 heteroatoms. The number of hydrogen-bond acceptors (Lipinski definition) is 5. The predicted octanol–water partition coefficient (Wildman–Crippen LogP) is 2.72. The van der Waals surface area contributed by atoms with Gasteiger partial charge in [-0.15, -0.1) is 0 Å². The molecule has 7 nitrogen and oxygen atoms in total. The lowest BCUT2D eigenvalue weighted by atomic mass is 10.0. The average molecular weight is 386 g/mol. The highest BCUT2D eigenvalue weighted by molar-refractivity contribution is 7.85. The summed E-state index contributed by atoms with van der Waals surface area (Å²) in [6.07, 6.45) is 2.04. The minimum Gasteiger partial charge on any atom is -0.444 e. The molecule has 0 radical (unpaired) electrons. The molecule has 0 bridgehead atoms. The van der Waals surface area contributed by atoms with Crippen LogP contribution in [0.2, 0.25) is 0 Å². The highest BCUT2D eigenvalue weighted by Gasteiger charge is 2.22. The lowest BCUT2D eigenvalue weighted by Crippen LogP contribution is -2.43. The van der Waals surface area contributed by atoms with Gasteiger partial charge in [0.15, 0.2) is 0 Å². The Bertz CT molecular complexity index is 886. The van der Waals surface area contributed by atoms with Crippen LogP contribution in [0, 0.1) is 5.82 Å². The first-order chi connectivity index (χ1) is 11.9. The summed E-state index contributed by atoms with van der Waals surface area (Å²) in [5.74, 6) is -0.424. The number of ether oxygens (including phenoxy) is 1. The number of hydrogen-bond donors (Lipinski definition) is 2. The van der Waals surface area contributed by atoms with Gasteiger partial charge in [0.1, 0.15) is 11.4 Å². The molecule has 0 aliphatic carbocycles. The number of amides is 1. The molecule has 0 aliphatic rings. The van der Waals surface area contributed by atoms with E-state index in [1.165, 1.54) is 12.1 Å². The van der Waals surface area contributed by atoms with E-state index >= 15 is 0 Å². The smallest absolute Gasteiger partial charge is 0.407 e. The van der Waals surface area contributed by atoms with Crippen molar-refractivity contribution in [3.8, 4) is 0 Å². The summed E-state index contributed by atoms with van der Waals surface area (Å²) >= 11 is 0. The summed E-state index contributed by atoms with van der Waals surface area (Å²) in [5.41, 5.74) is 0.586. The number of H-pyrrole nitrogens is 1. The van der Waals surface area contributed by atoms with Crippen molar-refractivity contribution in [2.75, 3.05) is 12.9 Å². The van der Waals surface area contributed by atoms with E-state index in [-0.39, 0.29) is 13.0 Å². The zero-order chi connectivity index (χ0) is 19.5. The second-order valence-electron chi connectivity index (χ2n) is 7.04. The van der Waals surface area contributed by atoms with Crippen molar-refractivity contribution in [3.05, 3.63) is 35.8 Å². The fourth-order valence-electron chi connectivity index (χ4n) is 2.47. The van der Waals surface area contributed by atoms with Gasteiger partial charge < -0.3 is 15.0 Å². The van der Waals surface area contributed by atoms with E-state index < -0.39 is 33.7 Å². The van der Waals surface area contributed by atoms with Crippen molar-refractivity contribution in [3.63, 3.8) is 0 Å². The largest absolute Gasteiger partial charge is 0.444 e. The van der Waals surface area contributed by atoms with Crippen molar-refractivity contribution in [2.24, 2.45) is 0 Å². The van der Waals surface area contributed by atoms with Crippen molar-refractivity contribution in [1.82, 2.24) is 10.3 Å². The molecule has 1 atom stereocenters. The van der Waals surface area contributed by atoms with Crippen LogP contribution in [0.1, 0.15) is 26.3 Å². The van der Waals surface area contributed by atoms with Gasteiger partial charge in [0.05, 0.1) is 18.9 Å². The van der Waals surface area contributed by atoms with E-state index in [9.17, 15) is 17.6 Å². The molecule has 2 aromatic rings. The van der Waals surface area contributed by atoms with Gasteiger partial charge in [0.25, 0.3) is 10.1 Å². The standard InChI is InChI=1S/C17H23FN2O5S/c1-17(2,3)25-16(21)20-14(10-24-26(4,22)23)9-12-8-13(18)7-11-5-6-19-15(11)12/h5-8,14,19H,9-10H2,1-4H3,(H,20,21). The number of halogens is 1. The molecule has 1 amide bonds. The third-order valence-electron chi connectivity index (χ3n) is 3.38. The zero-order valence-electron chi connectivity index (χ0n) is 15.1. The van der Waals surface area contributed by atoms with Crippen LogP contribution in [-0.2, 0) is 25.5 Å². The fraction of sp³-hybridized carbons (Fsp3) is 0.471. The predicted molar refractivity (Wildman–Crippen MR) is 95.9 cm³/mol. The number of nitrogens with one attached hydrogen (secondary N) is 2. The average Bonchev–Trinajstić information content (AvgIpc) is 2.90. The van der Waals surface area contributed by atoms with Crippen LogP contribution in [-0.4, -0.2) is 44.0 Å². The van der Waals surface area contributed by atoms with Crippen LogP contribution < -0.4 is 5.32 Å². The molecule has 144 valence electrons. The molecule has 1 aromatic carbocycles. The topological polar surface area (TPSA) is 97.5 Å². The van der Waals surface area contributed by atoms with E-state index in [0.717, 1.165) is 6.26 Å². The van der Waals surface area contributed by atoms with Gasteiger partial charge in [-0.2, -0.15) is 8.42 Å². The second-order valence-corrected chi connectivity index (χ2v) is 8.69. The van der Waals surface area contributed by atoms with Crippen LogP contribution in [0.25, 0.3) is 10.9 Å². The molecule has 1 unspecified atom stereocenters. The Labute approximate surface area is 152 Å².